The molecule has 0 fully saturated rings. The monoisotopic (exact) mass is 315 g/mol. The van der Waals surface area contributed by atoms with Crippen LogP contribution in [0, 0.1) is 22.7 Å². The summed E-state index contributed by atoms with van der Waals surface area (Å²) in [7, 11) is 0. The molecule has 0 aliphatic rings. The predicted molar refractivity (Wildman–Crippen MR) is 62.1 cm³/mol. The van der Waals surface area contributed by atoms with Gasteiger partial charge in [-0.15, -0.1) is 0 Å². The Kier molecular flexibility index (Phi) is 4.35. The molecule has 1 aromatic carbocycles. The van der Waals surface area contributed by atoms with E-state index in [0.29, 0.717) is 0 Å². The molecular weight excluding hydrogens is 311 g/mol. The second-order valence-electron chi connectivity index (χ2n) is 3.12. The minimum absolute atomic E-state index is 0.0784. The van der Waals surface area contributed by atoms with Crippen LogP contribution < -0.4 is 5.32 Å². The van der Waals surface area contributed by atoms with Crippen LogP contribution in [0.25, 0.3) is 0 Å². The molecule has 0 amide bonds. The Morgan fingerprint density at radius 2 is 1.89 bits per heavy atom. The number of benzene rings is 1. The van der Waals surface area contributed by atoms with Gasteiger partial charge in [0.25, 0.3) is 0 Å². The lowest BCUT2D eigenvalue weighted by Gasteiger charge is -2.10. The molecule has 92 valence electrons. The number of hydrogen-bond acceptors (Lipinski definition) is 3. The van der Waals surface area contributed by atoms with Gasteiger partial charge in [-0.25, -0.2) is 0 Å². The number of alkyl halides is 3. The lowest BCUT2D eigenvalue weighted by molar-refractivity contribution is -0.138. The first kappa shape index (κ1) is 14.1. The summed E-state index contributed by atoms with van der Waals surface area (Å²) in [5, 5.41) is 19.4. The van der Waals surface area contributed by atoms with Crippen molar-refractivity contribution >= 4 is 21.6 Å². The molecule has 3 nitrogen and oxygen atoms in total. The number of nitrogens with zero attached hydrogens (tertiary/aromatic N) is 2. The quantitative estimate of drug-likeness (QED) is 0.844. The Hall–Kier alpha value is -1.99. The highest BCUT2D eigenvalue weighted by molar-refractivity contribution is 9.10. The summed E-state index contributed by atoms with van der Waals surface area (Å²) < 4.78 is 37.7. The molecule has 0 aliphatic carbocycles. The number of hydrogen-bond donors (Lipinski definition) is 1. The molecule has 0 aromatic heterocycles. The van der Waals surface area contributed by atoms with Gasteiger partial charge in [0, 0.05) is 16.4 Å². The molecule has 0 spiro atoms. The topological polar surface area (TPSA) is 59.6 Å². The molecule has 0 radical (unpaired) electrons. The number of nitrogens with one attached hydrogen (secondary N) is 1. The Morgan fingerprint density at radius 1 is 1.28 bits per heavy atom. The standard InChI is InChI=1S/C11H5BrF3N3/c12-10-2-1-8(3-9(10)11(13,14)15)18-6-7(4-16)5-17/h1-3,6,18H. The first-order valence-electron chi connectivity index (χ1n) is 4.52. The van der Waals surface area contributed by atoms with Crippen LogP contribution in [0.2, 0.25) is 0 Å². The molecule has 0 heterocycles. The summed E-state index contributed by atoms with van der Waals surface area (Å²) >= 11 is 2.81. The highest BCUT2D eigenvalue weighted by atomic mass is 79.9. The molecular formula is C11H5BrF3N3. The normalized spacial score (nSPS) is 10.1. The zero-order valence-electron chi connectivity index (χ0n) is 8.72. The van der Waals surface area contributed by atoms with Gasteiger partial charge in [-0.2, -0.15) is 23.7 Å². The molecule has 1 N–H and O–H groups in total. The van der Waals surface area contributed by atoms with Crippen LogP contribution in [-0.4, -0.2) is 0 Å². The lowest BCUT2D eigenvalue weighted by atomic mass is 10.2. The molecule has 0 aliphatic heterocycles. The van der Waals surface area contributed by atoms with Gasteiger partial charge in [-0.1, -0.05) is 15.9 Å². The Morgan fingerprint density at radius 3 is 2.39 bits per heavy atom. The first-order chi connectivity index (χ1) is 8.38. The number of anilines is 1. The van der Waals surface area contributed by atoms with Crippen molar-refractivity contribution in [3.8, 4) is 12.1 Å². The maximum atomic E-state index is 12.6. The summed E-state index contributed by atoms with van der Waals surface area (Å²) in [6.07, 6.45) is -3.43. The van der Waals surface area contributed by atoms with Crippen molar-refractivity contribution in [2.75, 3.05) is 5.32 Å². The molecule has 0 bridgehead atoms. The summed E-state index contributed by atoms with van der Waals surface area (Å²) in [6.45, 7) is 0. The van der Waals surface area contributed by atoms with Crippen LogP contribution >= 0.6 is 15.9 Å². The molecule has 0 unspecified atom stereocenters. The second-order valence-corrected chi connectivity index (χ2v) is 3.97. The molecule has 1 aromatic rings. The van der Waals surface area contributed by atoms with Crippen molar-refractivity contribution in [1.29, 1.82) is 10.5 Å². The van der Waals surface area contributed by atoms with Gasteiger partial charge >= 0.3 is 6.18 Å². The van der Waals surface area contributed by atoms with Crippen LogP contribution in [-0.2, 0) is 6.18 Å². The predicted octanol–water partition coefficient (Wildman–Crippen LogP) is 3.81. The largest absolute Gasteiger partial charge is 0.417 e. The van der Waals surface area contributed by atoms with Gasteiger partial charge in [-0.3, -0.25) is 0 Å². The van der Waals surface area contributed by atoms with E-state index < -0.39 is 11.7 Å². The zero-order valence-corrected chi connectivity index (χ0v) is 10.3. The van der Waals surface area contributed by atoms with E-state index in [9.17, 15) is 13.2 Å². The highest BCUT2D eigenvalue weighted by Crippen LogP contribution is 2.36. The molecule has 18 heavy (non-hydrogen) atoms. The van der Waals surface area contributed by atoms with Crippen LogP contribution in [0.4, 0.5) is 18.9 Å². The third-order valence-electron chi connectivity index (χ3n) is 1.90. The molecule has 1 rings (SSSR count). The zero-order chi connectivity index (χ0) is 13.8. The summed E-state index contributed by atoms with van der Waals surface area (Å²) in [5.41, 5.74) is -0.934. The van der Waals surface area contributed by atoms with Crippen LogP contribution in [0.15, 0.2) is 34.4 Å². The summed E-state index contributed by atoms with van der Waals surface area (Å²) in [4.78, 5) is 0. The van der Waals surface area contributed by atoms with E-state index in [1.807, 2.05) is 0 Å². The van der Waals surface area contributed by atoms with Crippen molar-refractivity contribution in [2.24, 2.45) is 0 Å². The van der Waals surface area contributed by atoms with Crippen LogP contribution in [0.5, 0.6) is 0 Å². The van der Waals surface area contributed by atoms with Crippen molar-refractivity contribution in [2.45, 2.75) is 6.18 Å². The number of rotatable bonds is 2. The fourth-order valence-corrected chi connectivity index (χ4v) is 1.55. The van der Waals surface area contributed by atoms with Gasteiger partial charge in [0.2, 0.25) is 0 Å². The van der Waals surface area contributed by atoms with E-state index >= 15 is 0 Å². The average Bonchev–Trinajstić information content (AvgIpc) is 2.31. The van der Waals surface area contributed by atoms with E-state index in [1.54, 1.807) is 12.1 Å². The minimum atomic E-state index is -4.48. The third-order valence-corrected chi connectivity index (χ3v) is 2.59. The van der Waals surface area contributed by atoms with E-state index in [4.69, 9.17) is 10.5 Å². The van der Waals surface area contributed by atoms with E-state index in [-0.39, 0.29) is 15.7 Å². The fourth-order valence-electron chi connectivity index (χ4n) is 1.08. The first-order valence-corrected chi connectivity index (χ1v) is 5.31. The van der Waals surface area contributed by atoms with Crippen molar-refractivity contribution in [1.82, 2.24) is 0 Å². The maximum Gasteiger partial charge on any atom is 0.417 e. The Bertz CT molecular complexity index is 548. The van der Waals surface area contributed by atoms with Gasteiger partial charge < -0.3 is 5.32 Å². The van der Waals surface area contributed by atoms with Gasteiger partial charge in [0.15, 0.2) is 0 Å². The van der Waals surface area contributed by atoms with E-state index in [2.05, 4.69) is 21.2 Å². The smallest absolute Gasteiger partial charge is 0.360 e. The fraction of sp³-hybridized carbons (Fsp3) is 0.0909. The van der Waals surface area contributed by atoms with Gasteiger partial charge in [0.1, 0.15) is 17.7 Å². The summed E-state index contributed by atoms with van der Waals surface area (Å²) in [5.74, 6) is 0. The van der Waals surface area contributed by atoms with Crippen LogP contribution in [0.3, 0.4) is 0 Å². The van der Waals surface area contributed by atoms with Crippen LogP contribution in [0.1, 0.15) is 5.56 Å². The average molecular weight is 316 g/mol. The van der Waals surface area contributed by atoms with Crippen molar-refractivity contribution in [3.05, 3.63) is 40.0 Å². The van der Waals surface area contributed by atoms with E-state index in [1.165, 1.54) is 12.1 Å². The summed E-state index contributed by atoms with van der Waals surface area (Å²) in [6, 6.07) is 6.67. The maximum absolute atomic E-state index is 12.6. The second kappa shape index (κ2) is 5.56. The Labute approximate surface area is 109 Å². The van der Waals surface area contributed by atoms with Crippen molar-refractivity contribution in [3.63, 3.8) is 0 Å². The van der Waals surface area contributed by atoms with Gasteiger partial charge in [-0.05, 0) is 18.2 Å². The SMILES string of the molecule is N#CC(C#N)=CNc1ccc(Br)c(C(F)(F)F)c1. The number of halogens is 4. The number of nitriles is 2. The molecule has 0 saturated carbocycles. The minimum Gasteiger partial charge on any atom is -0.360 e. The number of allylic oxidation sites excluding steroid dienone is 1. The third kappa shape index (κ3) is 3.51. The Balaban J connectivity index is 3.05. The van der Waals surface area contributed by atoms with E-state index in [0.717, 1.165) is 12.3 Å². The lowest BCUT2D eigenvalue weighted by Crippen LogP contribution is -2.06. The molecule has 0 atom stereocenters. The molecule has 7 heteroatoms. The van der Waals surface area contributed by atoms with Gasteiger partial charge in [0.05, 0.1) is 5.56 Å². The van der Waals surface area contributed by atoms with Crippen molar-refractivity contribution < 1.29 is 13.2 Å². The highest BCUT2D eigenvalue weighted by Gasteiger charge is 2.33. The molecule has 0 saturated heterocycles.